The largest absolute Gasteiger partial charge is 0.368 e. The van der Waals surface area contributed by atoms with Crippen molar-refractivity contribution in [1.29, 1.82) is 0 Å². The summed E-state index contributed by atoms with van der Waals surface area (Å²) in [5.41, 5.74) is 0.475. The summed E-state index contributed by atoms with van der Waals surface area (Å²) in [6, 6.07) is 0. The van der Waals surface area contributed by atoms with Gasteiger partial charge in [0.25, 0.3) is 0 Å². The zero-order valence-electron chi connectivity index (χ0n) is 7.79. The molecule has 0 fully saturated rings. The van der Waals surface area contributed by atoms with E-state index >= 15 is 0 Å². The van der Waals surface area contributed by atoms with Crippen LogP contribution in [0.5, 0.6) is 0 Å². The van der Waals surface area contributed by atoms with Crippen LogP contribution in [-0.2, 0) is 9.47 Å². The summed E-state index contributed by atoms with van der Waals surface area (Å²) in [5, 5.41) is 0. The molecule has 0 radical (unpaired) electrons. The smallest absolute Gasteiger partial charge is 0.102 e. The van der Waals surface area contributed by atoms with E-state index in [9.17, 15) is 0 Å². The Kier molecular flexibility index (Phi) is 7.12. The van der Waals surface area contributed by atoms with Crippen molar-refractivity contribution < 1.29 is 9.47 Å². The SMILES string of the molecule is CCOC(C)SC(C)OCC. The Morgan fingerprint density at radius 1 is 1.00 bits per heavy atom. The highest BCUT2D eigenvalue weighted by molar-refractivity contribution is 8.00. The Balaban J connectivity index is 3.32. The molecule has 0 heterocycles. The van der Waals surface area contributed by atoms with Gasteiger partial charge in [0.05, 0.1) is 0 Å². The fraction of sp³-hybridized carbons (Fsp3) is 1.00. The van der Waals surface area contributed by atoms with E-state index in [1.54, 1.807) is 11.8 Å². The van der Waals surface area contributed by atoms with Gasteiger partial charge in [-0.2, -0.15) is 0 Å². The second-order valence-corrected chi connectivity index (χ2v) is 3.78. The van der Waals surface area contributed by atoms with E-state index in [0.29, 0.717) is 0 Å². The quantitative estimate of drug-likeness (QED) is 0.582. The molecule has 0 aliphatic rings. The number of thioether (sulfide) groups is 1. The van der Waals surface area contributed by atoms with Gasteiger partial charge in [0.15, 0.2) is 0 Å². The molecule has 0 spiro atoms. The lowest BCUT2D eigenvalue weighted by atomic mass is 10.8. The summed E-state index contributed by atoms with van der Waals surface area (Å²) in [7, 11) is 0. The Bertz CT molecular complexity index is 78.2. The van der Waals surface area contributed by atoms with Crippen molar-refractivity contribution in [2.75, 3.05) is 13.2 Å². The van der Waals surface area contributed by atoms with Crippen molar-refractivity contribution >= 4 is 11.8 Å². The highest BCUT2D eigenvalue weighted by Gasteiger charge is 2.07. The van der Waals surface area contributed by atoms with Gasteiger partial charge in [-0.25, -0.2) is 0 Å². The van der Waals surface area contributed by atoms with Crippen LogP contribution in [0.2, 0.25) is 0 Å². The van der Waals surface area contributed by atoms with E-state index in [1.807, 2.05) is 27.7 Å². The zero-order valence-corrected chi connectivity index (χ0v) is 8.61. The minimum atomic E-state index is 0.238. The molecule has 0 aromatic carbocycles. The van der Waals surface area contributed by atoms with Crippen molar-refractivity contribution in [3.8, 4) is 0 Å². The van der Waals surface area contributed by atoms with E-state index < -0.39 is 0 Å². The Labute approximate surface area is 73.6 Å². The van der Waals surface area contributed by atoms with Gasteiger partial charge in [-0.05, 0) is 27.7 Å². The molecule has 2 unspecified atom stereocenters. The summed E-state index contributed by atoms with van der Waals surface area (Å²) in [5.74, 6) is 0. The predicted molar refractivity (Wildman–Crippen MR) is 49.8 cm³/mol. The number of ether oxygens (including phenoxy) is 2. The van der Waals surface area contributed by atoms with Crippen molar-refractivity contribution in [2.45, 2.75) is 38.6 Å². The highest BCUT2D eigenvalue weighted by Crippen LogP contribution is 2.18. The Morgan fingerprint density at radius 3 is 1.64 bits per heavy atom. The van der Waals surface area contributed by atoms with Gasteiger partial charge in [0.1, 0.15) is 10.9 Å². The lowest BCUT2D eigenvalue weighted by molar-refractivity contribution is 0.117. The molecule has 0 rings (SSSR count). The molecule has 0 aliphatic heterocycles. The van der Waals surface area contributed by atoms with Crippen molar-refractivity contribution in [3.05, 3.63) is 0 Å². The third kappa shape index (κ3) is 6.66. The molecule has 0 N–H and O–H groups in total. The summed E-state index contributed by atoms with van der Waals surface area (Å²) in [6.07, 6.45) is 0. The monoisotopic (exact) mass is 178 g/mol. The summed E-state index contributed by atoms with van der Waals surface area (Å²) in [6.45, 7) is 9.64. The van der Waals surface area contributed by atoms with Crippen LogP contribution >= 0.6 is 11.8 Å². The molecule has 2 atom stereocenters. The number of hydrogen-bond donors (Lipinski definition) is 0. The van der Waals surface area contributed by atoms with Crippen LogP contribution in [0.15, 0.2) is 0 Å². The fourth-order valence-corrected chi connectivity index (χ4v) is 1.79. The second kappa shape index (κ2) is 6.95. The average Bonchev–Trinajstić information content (AvgIpc) is 1.87. The normalized spacial score (nSPS) is 16.4. The maximum atomic E-state index is 5.34. The van der Waals surface area contributed by atoms with Gasteiger partial charge in [-0.1, -0.05) is 11.8 Å². The van der Waals surface area contributed by atoms with Gasteiger partial charge >= 0.3 is 0 Å². The summed E-state index contributed by atoms with van der Waals surface area (Å²) >= 11 is 1.70. The average molecular weight is 178 g/mol. The van der Waals surface area contributed by atoms with Gasteiger partial charge in [0, 0.05) is 13.2 Å². The Morgan fingerprint density at radius 2 is 1.36 bits per heavy atom. The first-order chi connectivity index (χ1) is 5.20. The van der Waals surface area contributed by atoms with E-state index in [-0.39, 0.29) is 10.9 Å². The lowest BCUT2D eigenvalue weighted by Gasteiger charge is -2.16. The van der Waals surface area contributed by atoms with Gasteiger partial charge in [-0.3, -0.25) is 0 Å². The standard InChI is InChI=1S/C8H18O2S/c1-5-9-7(3)11-8(4)10-6-2/h7-8H,5-6H2,1-4H3. The molecule has 2 nitrogen and oxygen atoms in total. The van der Waals surface area contributed by atoms with Crippen molar-refractivity contribution in [1.82, 2.24) is 0 Å². The third-order valence-electron chi connectivity index (χ3n) is 1.19. The van der Waals surface area contributed by atoms with Crippen LogP contribution in [0.25, 0.3) is 0 Å². The molecule has 0 saturated heterocycles. The minimum absolute atomic E-state index is 0.238. The fourth-order valence-electron chi connectivity index (χ4n) is 0.818. The van der Waals surface area contributed by atoms with Gasteiger partial charge < -0.3 is 9.47 Å². The zero-order chi connectivity index (χ0) is 8.69. The lowest BCUT2D eigenvalue weighted by Crippen LogP contribution is -2.11. The minimum Gasteiger partial charge on any atom is -0.368 e. The first-order valence-electron chi connectivity index (χ1n) is 4.09. The molecule has 0 aliphatic carbocycles. The van der Waals surface area contributed by atoms with E-state index in [4.69, 9.17) is 9.47 Å². The third-order valence-corrected chi connectivity index (χ3v) is 2.22. The second-order valence-electron chi connectivity index (χ2n) is 2.18. The number of rotatable bonds is 6. The van der Waals surface area contributed by atoms with Crippen LogP contribution in [0.3, 0.4) is 0 Å². The van der Waals surface area contributed by atoms with E-state index in [1.165, 1.54) is 0 Å². The van der Waals surface area contributed by atoms with Gasteiger partial charge in [-0.15, -0.1) is 0 Å². The molecule has 0 aromatic heterocycles. The Hall–Kier alpha value is 0.270. The van der Waals surface area contributed by atoms with Crippen LogP contribution in [-0.4, -0.2) is 24.1 Å². The van der Waals surface area contributed by atoms with Crippen LogP contribution in [0.1, 0.15) is 27.7 Å². The molecular formula is C8H18O2S. The molecule has 0 aromatic rings. The van der Waals surface area contributed by atoms with E-state index in [0.717, 1.165) is 13.2 Å². The topological polar surface area (TPSA) is 18.5 Å². The van der Waals surface area contributed by atoms with Gasteiger partial charge in [0.2, 0.25) is 0 Å². The number of hydrogen-bond acceptors (Lipinski definition) is 3. The molecular weight excluding hydrogens is 160 g/mol. The predicted octanol–water partition coefficient (Wildman–Crippen LogP) is 2.48. The van der Waals surface area contributed by atoms with Crippen LogP contribution in [0.4, 0.5) is 0 Å². The van der Waals surface area contributed by atoms with Crippen molar-refractivity contribution in [3.63, 3.8) is 0 Å². The first-order valence-corrected chi connectivity index (χ1v) is 5.03. The van der Waals surface area contributed by atoms with Crippen molar-refractivity contribution in [2.24, 2.45) is 0 Å². The van der Waals surface area contributed by atoms with E-state index in [2.05, 4.69) is 0 Å². The molecule has 3 heteroatoms. The molecule has 0 bridgehead atoms. The molecule has 68 valence electrons. The summed E-state index contributed by atoms with van der Waals surface area (Å²) in [4.78, 5) is 0. The molecule has 11 heavy (non-hydrogen) atoms. The van der Waals surface area contributed by atoms with Crippen LogP contribution < -0.4 is 0 Å². The van der Waals surface area contributed by atoms with Crippen LogP contribution in [0, 0.1) is 0 Å². The maximum absolute atomic E-state index is 5.34. The molecule has 0 saturated carbocycles. The summed E-state index contributed by atoms with van der Waals surface area (Å²) < 4.78 is 10.7. The molecule has 0 amide bonds. The highest BCUT2D eigenvalue weighted by atomic mass is 32.2. The maximum Gasteiger partial charge on any atom is 0.102 e. The first kappa shape index (κ1) is 11.3.